The maximum Gasteiger partial charge on any atom is 0.416 e. The van der Waals surface area contributed by atoms with E-state index in [1.54, 1.807) is 11.8 Å². The Labute approximate surface area is 168 Å². The van der Waals surface area contributed by atoms with Gasteiger partial charge < -0.3 is 4.57 Å². The van der Waals surface area contributed by atoms with E-state index in [2.05, 4.69) is 18.0 Å². The highest BCUT2D eigenvalue weighted by Crippen LogP contribution is 2.29. The van der Waals surface area contributed by atoms with Crippen molar-refractivity contribution in [2.75, 3.05) is 12.0 Å². The first-order valence-corrected chi connectivity index (χ1v) is 10.9. The van der Waals surface area contributed by atoms with Gasteiger partial charge in [-0.3, -0.25) is 4.79 Å². The molecule has 0 aliphatic rings. The molecule has 1 heterocycles. The van der Waals surface area contributed by atoms with Crippen molar-refractivity contribution in [3.05, 3.63) is 64.0 Å². The third-order valence-corrected chi connectivity index (χ3v) is 5.94. The Kier molecular flexibility index (Phi) is 6.30. The summed E-state index contributed by atoms with van der Waals surface area (Å²) in [4.78, 5) is 17.2. The fourth-order valence-corrected chi connectivity index (χ4v) is 4.28. The number of amides is 1. The second-order valence-electron chi connectivity index (χ2n) is 6.18. The highest BCUT2D eigenvalue weighted by Gasteiger charge is 2.30. The van der Waals surface area contributed by atoms with Crippen molar-refractivity contribution in [2.45, 2.75) is 26.1 Å². The Balaban J connectivity index is 2.08. The van der Waals surface area contributed by atoms with Crippen molar-refractivity contribution in [1.82, 2.24) is 4.57 Å². The van der Waals surface area contributed by atoms with Crippen LogP contribution >= 0.6 is 23.1 Å². The van der Waals surface area contributed by atoms with Crippen molar-refractivity contribution >= 4 is 39.2 Å². The van der Waals surface area contributed by atoms with Gasteiger partial charge in [-0.05, 0) is 48.6 Å². The summed E-state index contributed by atoms with van der Waals surface area (Å²) in [6, 6.07) is 10.5. The van der Waals surface area contributed by atoms with Gasteiger partial charge in [0.25, 0.3) is 5.91 Å². The number of carbonyl (C=O) groups is 1. The molecule has 0 saturated heterocycles. The topological polar surface area (TPSA) is 34.4 Å². The first kappa shape index (κ1) is 20.7. The minimum Gasteiger partial charge on any atom is -0.316 e. The van der Waals surface area contributed by atoms with Crippen molar-refractivity contribution < 1.29 is 18.0 Å². The zero-order valence-corrected chi connectivity index (χ0v) is 17.0. The largest absolute Gasteiger partial charge is 0.416 e. The van der Waals surface area contributed by atoms with E-state index in [9.17, 15) is 18.0 Å². The number of rotatable bonds is 5. The summed E-state index contributed by atoms with van der Waals surface area (Å²) < 4.78 is 41.7. The molecule has 148 valence electrons. The van der Waals surface area contributed by atoms with Crippen LogP contribution in [0, 0.1) is 0 Å². The van der Waals surface area contributed by atoms with Crippen LogP contribution in [-0.2, 0) is 19.1 Å². The maximum atomic E-state index is 12.9. The van der Waals surface area contributed by atoms with Gasteiger partial charge in [0.05, 0.1) is 15.8 Å². The molecule has 0 spiro atoms. The van der Waals surface area contributed by atoms with Crippen molar-refractivity contribution in [1.29, 1.82) is 0 Å². The molecule has 8 heteroatoms. The third kappa shape index (κ3) is 4.50. The average molecular weight is 425 g/mol. The van der Waals surface area contributed by atoms with Gasteiger partial charge in [0.15, 0.2) is 4.80 Å². The summed E-state index contributed by atoms with van der Waals surface area (Å²) in [7, 11) is 0. The Morgan fingerprint density at radius 2 is 2.00 bits per heavy atom. The number of aromatic nitrogens is 1. The van der Waals surface area contributed by atoms with E-state index in [0.717, 1.165) is 34.5 Å². The van der Waals surface area contributed by atoms with Crippen LogP contribution in [0.2, 0.25) is 0 Å². The molecule has 0 unspecified atom stereocenters. The number of hydrogen-bond acceptors (Lipinski definition) is 3. The summed E-state index contributed by atoms with van der Waals surface area (Å²) in [5.41, 5.74) is 1.24. The van der Waals surface area contributed by atoms with Crippen LogP contribution in [0.3, 0.4) is 0 Å². The summed E-state index contributed by atoms with van der Waals surface area (Å²) in [6.07, 6.45) is -1.61. The van der Waals surface area contributed by atoms with Gasteiger partial charge in [-0.1, -0.05) is 30.4 Å². The highest BCUT2D eigenvalue weighted by atomic mass is 32.2. The van der Waals surface area contributed by atoms with E-state index in [1.807, 2.05) is 23.0 Å². The second kappa shape index (κ2) is 8.53. The van der Waals surface area contributed by atoms with Crippen molar-refractivity contribution in [2.24, 2.45) is 4.99 Å². The molecule has 28 heavy (non-hydrogen) atoms. The van der Waals surface area contributed by atoms with E-state index in [-0.39, 0.29) is 5.56 Å². The Hall–Kier alpha value is -2.06. The predicted molar refractivity (Wildman–Crippen MR) is 109 cm³/mol. The number of halogens is 3. The minimum atomic E-state index is -4.50. The Morgan fingerprint density at radius 3 is 2.68 bits per heavy atom. The van der Waals surface area contributed by atoms with E-state index in [0.29, 0.717) is 11.3 Å². The number of alkyl halides is 3. The molecule has 0 atom stereocenters. The monoisotopic (exact) mass is 424 g/mol. The number of aryl methyl sites for hydroxylation is 2. The second-order valence-corrected chi connectivity index (χ2v) is 8.17. The lowest BCUT2D eigenvalue weighted by atomic mass is 10.1. The molecule has 0 aliphatic carbocycles. The number of thiazole rings is 1. The molecule has 0 fully saturated rings. The van der Waals surface area contributed by atoms with E-state index in [1.165, 1.54) is 29.0 Å². The first-order valence-electron chi connectivity index (χ1n) is 8.71. The van der Waals surface area contributed by atoms with Crippen LogP contribution in [0.25, 0.3) is 10.2 Å². The quantitative estimate of drug-likeness (QED) is 0.551. The minimum absolute atomic E-state index is 0.0713. The number of carbonyl (C=O) groups excluding carboxylic acids is 1. The molecule has 0 bridgehead atoms. The zero-order chi connectivity index (χ0) is 20.3. The molecule has 0 saturated carbocycles. The van der Waals surface area contributed by atoms with Gasteiger partial charge in [-0.25, -0.2) is 0 Å². The molecule has 3 nitrogen and oxygen atoms in total. The first-order chi connectivity index (χ1) is 13.3. The maximum absolute atomic E-state index is 12.9. The van der Waals surface area contributed by atoms with Gasteiger partial charge in [0.2, 0.25) is 0 Å². The molecule has 3 aromatic rings. The Bertz CT molecular complexity index is 1070. The summed E-state index contributed by atoms with van der Waals surface area (Å²) in [5.74, 6) is 0.165. The van der Waals surface area contributed by atoms with Crippen molar-refractivity contribution in [3.63, 3.8) is 0 Å². The number of nitrogens with zero attached hydrogens (tertiary/aromatic N) is 2. The van der Waals surface area contributed by atoms with Crippen LogP contribution in [0.5, 0.6) is 0 Å². The lowest BCUT2D eigenvalue weighted by molar-refractivity contribution is -0.137. The smallest absolute Gasteiger partial charge is 0.316 e. The van der Waals surface area contributed by atoms with E-state index < -0.39 is 17.6 Å². The molecular weight excluding hydrogens is 405 g/mol. The van der Waals surface area contributed by atoms with E-state index >= 15 is 0 Å². The van der Waals surface area contributed by atoms with Crippen LogP contribution in [0.1, 0.15) is 28.4 Å². The summed E-state index contributed by atoms with van der Waals surface area (Å²) in [6.45, 7) is 2.74. The van der Waals surface area contributed by atoms with Gasteiger partial charge in [0, 0.05) is 17.9 Å². The van der Waals surface area contributed by atoms with Crippen LogP contribution in [-0.4, -0.2) is 22.5 Å². The van der Waals surface area contributed by atoms with Gasteiger partial charge in [-0.2, -0.15) is 29.9 Å². The predicted octanol–water partition coefficient (Wildman–Crippen LogP) is 5.39. The molecule has 0 aliphatic heterocycles. The van der Waals surface area contributed by atoms with Gasteiger partial charge in [-0.15, -0.1) is 0 Å². The third-order valence-electron chi connectivity index (χ3n) is 4.31. The molecule has 0 radical (unpaired) electrons. The van der Waals surface area contributed by atoms with Crippen LogP contribution < -0.4 is 4.80 Å². The number of benzene rings is 2. The lowest BCUT2D eigenvalue weighted by Gasteiger charge is -2.07. The average Bonchev–Trinajstić information content (AvgIpc) is 3.01. The lowest BCUT2D eigenvalue weighted by Crippen LogP contribution is -2.18. The highest BCUT2D eigenvalue weighted by molar-refractivity contribution is 7.98. The molecule has 1 amide bonds. The zero-order valence-electron chi connectivity index (χ0n) is 15.4. The normalized spacial score (nSPS) is 12.7. The number of thioether (sulfide) groups is 1. The van der Waals surface area contributed by atoms with E-state index in [4.69, 9.17) is 0 Å². The van der Waals surface area contributed by atoms with Crippen LogP contribution in [0.15, 0.2) is 47.5 Å². The summed E-state index contributed by atoms with van der Waals surface area (Å²) >= 11 is 3.06. The SMILES string of the molecule is CCc1ccc2c(c1)sc(=NC(=O)c1cccc(C(F)(F)F)c1)n2CCSC. The molecule has 1 aromatic heterocycles. The molecule has 2 aromatic carbocycles. The Morgan fingerprint density at radius 1 is 1.21 bits per heavy atom. The van der Waals surface area contributed by atoms with Gasteiger partial charge in [0.1, 0.15) is 0 Å². The molecular formula is C20H19F3N2OS2. The number of fused-ring (bicyclic) bond motifs is 1. The standard InChI is InChI=1S/C20H19F3N2OS2/c1-3-13-7-8-16-17(11-13)28-19(25(16)9-10-27-2)24-18(26)14-5-4-6-15(12-14)20(21,22)23/h4-8,11-12H,3,9-10H2,1-2H3. The van der Waals surface area contributed by atoms with Gasteiger partial charge >= 0.3 is 6.18 Å². The molecule has 3 rings (SSSR count). The van der Waals surface area contributed by atoms with Crippen molar-refractivity contribution in [3.8, 4) is 0 Å². The fourth-order valence-electron chi connectivity index (χ4n) is 2.80. The number of hydrogen-bond donors (Lipinski definition) is 0. The fraction of sp³-hybridized carbons (Fsp3) is 0.300. The summed E-state index contributed by atoms with van der Waals surface area (Å²) in [5, 5.41) is 0. The molecule has 0 N–H and O–H groups in total. The van der Waals surface area contributed by atoms with Crippen LogP contribution in [0.4, 0.5) is 13.2 Å².